The highest BCUT2D eigenvalue weighted by Gasteiger charge is 2.14. The number of H-pyrrole nitrogens is 1. The van der Waals surface area contributed by atoms with Gasteiger partial charge in [0, 0.05) is 23.7 Å². The van der Waals surface area contributed by atoms with Crippen LogP contribution in [-0.2, 0) is 4.74 Å². The molecule has 0 atom stereocenters. The van der Waals surface area contributed by atoms with E-state index >= 15 is 0 Å². The maximum Gasteiger partial charge on any atom is 0.396 e. The standard InChI is InChI=1S/C26H31N5O2/c1-20-6-4-8-22(18-20)29-26-27-12-11-25(30-26)28-23-9-5-7-21(19-23)24(32)10-2-3-13-31-14-16-33-17-15-31/h4-9,11-12,18-19H,2-3,10,13-17H2,1H3,(H2,27,28,29,30)/p+2. The molecule has 1 aliphatic heterocycles. The fourth-order valence-electron chi connectivity index (χ4n) is 4.02. The number of aromatic nitrogens is 2. The number of nitrogens with zero attached hydrogens (tertiary/aromatic N) is 1. The number of ether oxygens (including phenoxy) is 1. The zero-order chi connectivity index (χ0) is 22.9. The number of rotatable bonds is 10. The summed E-state index contributed by atoms with van der Waals surface area (Å²) in [5.41, 5.74) is 3.73. The maximum atomic E-state index is 12.7. The Balaban J connectivity index is 1.30. The van der Waals surface area contributed by atoms with Gasteiger partial charge in [0.15, 0.2) is 5.78 Å². The lowest BCUT2D eigenvalue weighted by molar-refractivity contribution is -0.908. The Morgan fingerprint density at radius 1 is 1.03 bits per heavy atom. The van der Waals surface area contributed by atoms with Gasteiger partial charge in [-0.2, -0.15) is 0 Å². The van der Waals surface area contributed by atoms with E-state index in [0.29, 0.717) is 18.2 Å². The zero-order valence-electron chi connectivity index (χ0n) is 19.2. The number of quaternary nitrogens is 1. The van der Waals surface area contributed by atoms with Crippen LogP contribution < -0.4 is 20.5 Å². The molecule has 2 aromatic carbocycles. The van der Waals surface area contributed by atoms with Crippen molar-refractivity contribution in [2.75, 3.05) is 43.5 Å². The molecule has 1 aliphatic rings. The van der Waals surface area contributed by atoms with Gasteiger partial charge in [-0.1, -0.05) is 29.2 Å². The molecule has 172 valence electrons. The van der Waals surface area contributed by atoms with Crippen molar-refractivity contribution in [1.82, 2.24) is 4.98 Å². The van der Waals surface area contributed by atoms with Gasteiger partial charge in [0.1, 0.15) is 13.1 Å². The predicted octanol–water partition coefficient (Wildman–Crippen LogP) is 2.96. The van der Waals surface area contributed by atoms with E-state index in [2.05, 4.69) is 39.7 Å². The van der Waals surface area contributed by atoms with Crippen molar-refractivity contribution in [3.05, 3.63) is 71.9 Å². The third kappa shape index (κ3) is 7.10. The lowest BCUT2D eigenvalue weighted by Crippen LogP contribution is -3.14. The van der Waals surface area contributed by atoms with Crippen LogP contribution in [0.25, 0.3) is 0 Å². The number of aromatic amines is 1. The van der Waals surface area contributed by atoms with Gasteiger partial charge < -0.3 is 15.0 Å². The topological polar surface area (TPSA) is 81.8 Å². The minimum absolute atomic E-state index is 0.187. The summed E-state index contributed by atoms with van der Waals surface area (Å²) >= 11 is 0. The molecule has 4 N–H and O–H groups in total. The van der Waals surface area contributed by atoms with Gasteiger partial charge in [-0.25, -0.2) is 10.3 Å². The van der Waals surface area contributed by atoms with Gasteiger partial charge in [-0.15, -0.1) is 0 Å². The summed E-state index contributed by atoms with van der Waals surface area (Å²) in [4.78, 5) is 22.0. The number of ketones is 1. The molecule has 0 radical (unpaired) electrons. The molecular formula is C26H33N5O2+2. The fraction of sp³-hybridized carbons (Fsp3) is 0.346. The number of aryl methyl sites for hydroxylation is 1. The molecule has 2 heterocycles. The number of unbranched alkanes of at least 4 members (excludes halogenated alkanes) is 1. The van der Waals surface area contributed by atoms with Crippen LogP contribution in [0.15, 0.2) is 60.8 Å². The Bertz CT molecular complexity index is 1070. The van der Waals surface area contributed by atoms with Crippen LogP contribution >= 0.6 is 0 Å². The van der Waals surface area contributed by atoms with E-state index in [9.17, 15) is 4.79 Å². The van der Waals surface area contributed by atoms with Gasteiger partial charge >= 0.3 is 5.95 Å². The highest BCUT2D eigenvalue weighted by Crippen LogP contribution is 2.19. The molecule has 4 rings (SSSR count). The number of anilines is 4. The number of Topliss-reactive ketones (excluding diaryl/α,β-unsaturated/α-hetero) is 1. The Morgan fingerprint density at radius 3 is 2.64 bits per heavy atom. The van der Waals surface area contributed by atoms with Crippen LogP contribution in [0.1, 0.15) is 35.2 Å². The Labute approximate surface area is 195 Å². The smallest absolute Gasteiger partial charge is 0.370 e. The van der Waals surface area contributed by atoms with Crippen LogP contribution in [0.2, 0.25) is 0 Å². The van der Waals surface area contributed by atoms with Crippen LogP contribution in [0.4, 0.5) is 23.1 Å². The number of hydrogen-bond acceptors (Lipinski definition) is 5. The van der Waals surface area contributed by atoms with Gasteiger partial charge in [0.25, 0.3) is 0 Å². The Hall–Kier alpha value is -3.29. The van der Waals surface area contributed by atoms with Crippen LogP contribution in [0, 0.1) is 6.92 Å². The number of benzene rings is 2. The summed E-state index contributed by atoms with van der Waals surface area (Å²) in [5, 5.41) is 6.59. The van der Waals surface area contributed by atoms with Gasteiger partial charge in [0.2, 0.25) is 5.82 Å². The average Bonchev–Trinajstić information content (AvgIpc) is 2.83. The number of carbonyl (C=O) groups excluding carboxylic acids is 1. The highest BCUT2D eigenvalue weighted by atomic mass is 16.5. The molecular weight excluding hydrogens is 414 g/mol. The first-order valence-electron chi connectivity index (χ1n) is 11.7. The van der Waals surface area contributed by atoms with Crippen LogP contribution in [-0.4, -0.2) is 43.6 Å². The maximum absolute atomic E-state index is 12.7. The summed E-state index contributed by atoms with van der Waals surface area (Å²) in [6.45, 7) is 7.04. The summed E-state index contributed by atoms with van der Waals surface area (Å²) in [6, 6.07) is 17.6. The zero-order valence-corrected chi connectivity index (χ0v) is 19.2. The molecule has 0 saturated carbocycles. The molecule has 7 nitrogen and oxygen atoms in total. The Kier molecular flexibility index (Phi) is 8.00. The van der Waals surface area contributed by atoms with E-state index in [4.69, 9.17) is 4.74 Å². The second-order valence-corrected chi connectivity index (χ2v) is 8.52. The molecule has 7 heteroatoms. The first kappa shape index (κ1) is 22.9. The summed E-state index contributed by atoms with van der Waals surface area (Å²) in [7, 11) is 0. The van der Waals surface area contributed by atoms with Gasteiger partial charge in [-0.3, -0.25) is 4.79 Å². The summed E-state index contributed by atoms with van der Waals surface area (Å²) in [6.07, 6.45) is 4.40. The summed E-state index contributed by atoms with van der Waals surface area (Å²) < 4.78 is 5.40. The lowest BCUT2D eigenvalue weighted by atomic mass is 10.0. The second kappa shape index (κ2) is 11.5. The monoisotopic (exact) mass is 447 g/mol. The van der Waals surface area contributed by atoms with E-state index in [-0.39, 0.29) is 5.78 Å². The highest BCUT2D eigenvalue weighted by molar-refractivity contribution is 5.97. The van der Waals surface area contributed by atoms with Crippen LogP contribution in [0.3, 0.4) is 0 Å². The fourth-order valence-corrected chi connectivity index (χ4v) is 4.02. The largest absolute Gasteiger partial charge is 0.396 e. The van der Waals surface area contributed by atoms with Crippen molar-refractivity contribution in [2.24, 2.45) is 0 Å². The van der Waals surface area contributed by atoms with E-state index in [0.717, 1.165) is 62.6 Å². The first-order valence-corrected chi connectivity index (χ1v) is 11.7. The first-order chi connectivity index (χ1) is 16.2. The molecule has 1 saturated heterocycles. The molecule has 1 aromatic heterocycles. The van der Waals surface area contributed by atoms with Crippen molar-refractivity contribution < 1.29 is 19.4 Å². The van der Waals surface area contributed by atoms with Gasteiger partial charge in [-0.05, 0) is 49.6 Å². The lowest BCUT2D eigenvalue weighted by Gasteiger charge is -2.23. The third-order valence-electron chi connectivity index (χ3n) is 5.82. The average molecular weight is 448 g/mol. The van der Waals surface area contributed by atoms with E-state index in [1.54, 1.807) is 4.90 Å². The molecule has 1 fully saturated rings. The van der Waals surface area contributed by atoms with E-state index in [1.807, 2.05) is 48.7 Å². The second-order valence-electron chi connectivity index (χ2n) is 8.52. The van der Waals surface area contributed by atoms with Crippen molar-refractivity contribution in [3.63, 3.8) is 0 Å². The van der Waals surface area contributed by atoms with Crippen molar-refractivity contribution >= 4 is 28.9 Å². The summed E-state index contributed by atoms with van der Waals surface area (Å²) in [5.74, 6) is 1.52. The molecule has 0 spiro atoms. The predicted molar refractivity (Wildman–Crippen MR) is 130 cm³/mol. The van der Waals surface area contributed by atoms with Crippen molar-refractivity contribution in [3.8, 4) is 0 Å². The normalized spacial score (nSPS) is 14.1. The third-order valence-corrected chi connectivity index (χ3v) is 5.82. The number of hydrogen-bond donors (Lipinski definition) is 3. The molecule has 0 amide bonds. The number of morpholine rings is 1. The minimum atomic E-state index is 0.187. The quantitative estimate of drug-likeness (QED) is 0.329. The molecule has 0 aliphatic carbocycles. The SMILES string of the molecule is Cc1cccc(Nc2nc(Nc3cccc(C(=O)CCCC[NH+]4CCOCC4)c3)cc[nH+]2)c1. The molecule has 3 aromatic rings. The Morgan fingerprint density at radius 2 is 1.82 bits per heavy atom. The number of nitrogens with one attached hydrogen (secondary N) is 4. The molecule has 0 bridgehead atoms. The van der Waals surface area contributed by atoms with Gasteiger partial charge in [0.05, 0.1) is 31.6 Å². The van der Waals surface area contributed by atoms with Crippen molar-refractivity contribution in [2.45, 2.75) is 26.2 Å². The minimum Gasteiger partial charge on any atom is -0.370 e. The van der Waals surface area contributed by atoms with Crippen molar-refractivity contribution in [1.29, 1.82) is 0 Å². The molecule has 33 heavy (non-hydrogen) atoms. The van der Waals surface area contributed by atoms with Crippen LogP contribution in [0.5, 0.6) is 0 Å². The van der Waals surface area contributed by atoms with E-state index < -0.39 is 0 Å². The number of carbonyl (C=O) groups is 1. The molecule has 0 unspecified atom stereocenters. The van der Waals surface area contributed by atoms with E-state index in [1.165, 1.54) is 5.56 Å².